The maximum Gasteiger partial charge on any atom is 0.249 e. The minimum Gasteiger partial charge on any atom is -0.416 e. The van der Waals surface area contributed by atoms with Gasteiger partial charge in [-0.2, -0.15) is 0 Å². The van der Waals surface area contributed by atoms with Crippen molar-refractivity contribution in [3.05, 3.63) is 85.5 Å². The number of hydrogen-bond donors (Lipinski definition) is 0. The van der Waals surface area contributed by atoms with Crippen LogP contribution >= 0.6 is 0 Å². The van der Waals surface area contributed by atoms with Gasteiger partial charge >= 0.3 is 0 Å². The second-order valence-corrected chi connectivity index (χ2v) is 6.14. The topological polar surface area (TPSA) is 64.7 Å². The molecule has 0 N–H and O–H groups in total. The number of nitrogens with zero attached hydrogens (tertiary/aromatic N) is 4. The van der Waals surface area contributed by atoms with Crippen LogP contribution in [0.2, 0.25) is 0 Å². The molecule has 0 spiro atoms. The van der Waals surface area contributed by atoms with E-state index >= 15 is 0 Å². The van der Waals surface area contributed by atoms with Crippen molar-refractivity contribution in [1.82, 2.24) is 20.2 Å². The Morgan fingerprint density at radius 3 is 2.37 bits per heavy atom. The fraction of sp³-hybridized carbons (Fsp3) is 0. The summed E-state index contributed by atoms with van der Waals surface area (Å²) in [6.45, 7) is 0. The van der Waals surface area contributed by atoms with Crippen LogP contribution < -0.4 is 0 Å². The van der Waals surface area contributed by atoms with Crippen LogP contribution in [0.4, 0.5) is 0 Å². The molecule has 0 saturated heterocycles. The molecule has 0 radical (unpaired) electrons. The van der Waals surface area contributed by atoms with Crippen LogP contribution in [-0.4, -0.2) is 20.2 Å². The smallest absolute Gasteiger partial charge is 0.249 e. The first-order chi connectivity index (χ1) is 13.4. The summed E-state index contributed by atoms with van der Waals surface area (Å²) < 4.78 is 5.98. The van der Waals surface area contributed by atoms with Crippen molar-refractivity contribution in [3.8, 4) is 34.0 Å². The normalized spacial score (nSPS) is 11.0. The molecule has 0 aliphatic rings. The van der Waals surface area contributed by atoms with E-state index in [1.165, 1.54) is 0 Å². The molecule has 0 unspecified atom stereocenters. The molecule has 0 saturated carbocycles. The third kappa shape index (κ3) is 2.85. The Morgan fingerprint density at radius 1 is 0.630 bits per heavy atom. The lowest BCUT2D eigenvalue weighted by atomic mass is 10.0. The van der Waals surface area contributed by atoms with E-state index in [2.05, 4.69) is 38.4 Å². The van der Waals surface area contributed by atoms with Gasteiger partial charge in [-0.05, 0) is 29.0 Å². The molecule has 0 fully saturated rings. The maximum atomic E-state index is 5.98. The number of fused-ring (bicyclic) bond motifs is 1. The molecular formula is C22H14N4O. The zero-order valence-corrected chi connectivity index (χ0v) is 14.3. The van der Waals surface area contributed by atoms with Crippen molar-refractivity contribution >= 4 is 10.8 Å². The molecule has 0 amide bonds. The zero-order valence-electron chi connectivity index (χ0n) is 14.3. The predicted molar refractivity (Wildman–Crippen MR) is 104 cm³/mol. The molecule has 3 aromatic heterocycles. The summed E-state index contributed by atoms with van der Waals surface area (Å²) in [4.78, 5) is 8.47. The molecule has 5 nitrogen and oxygen atoms in total. The Kier molecular flexibility index (Phi) is 3.68. The second kappa shape index (κ2) is 6.46. The molecule has 27 heavy (non-hydrogen) atoms. The highest BCUT2D eigenvalue weighted by Crippen LogP contribution is 2.30. The number of pyridine rings is 2. The largest absolute Gasteiger partial charge is 0.416 e. The van der Waals surface area contributed by atoms with Gasteiger partial charge in [-0.3, -0.25) is 9.97 Å². The Morgan fingerprint density at radius 2 is 1.44 bits per heavy atom. The van der Waals surface area contributed by atoms with Crippen molar-refractivity contribution in [2.24, 2.45) is 0 Å². The molecule has 5 aromatic rings. The van der Waals surface area contributed by atoms with Crippen LogP contribution in [0.15, 0.2) is 89.9 Å². The Labute approximate surface area is 155 Å². The quantitative estimate of drug-likeness (QED) is 0.457. The van der Waals surface area contributed by atoms with Crippen molar-refractivity contribution < 1.29 is 4.42 Å². The van der Waals surface area contributed by atoms with Gasteiger partial charge in [0.2, 0.25) is 11.8 Å². The summed E-state index contributed by atoms with van der Waals surface area (Å²) in [5.41, 5.74) is 3.63. The lowest BCUT2D eigenvalue weighted by Gasteiger charge is -2.02. The average Bonchev–Trinajstić information content (AvgIpc) is 3.24. The molecular weight excluding hydrogens is 336 g/mol. The number of rotatable bonds is 3. The highest BCUT2D eigenvalue weighted by molar-refractivity contribution is 5.94. The van der Waals surface area contributed by atoms with E-state index in [0.29, 0.717) is 11.8 Å². The fourth-order valence-corrected chi connectivity index (χ4v) is 3.11. The molecule has 0 aliphatic carbocycles. The van der Waals surface area contributed by atoms with Gasteiger partial charge in [0.25, 0.3) is 0 Å². The fourth-order valence-electron chi connectivity index (χ4n) is 3.11. The molecule has 0 bridgehead atoms. The SMILES string of the molecule is c1cncc(-c2cncc(-c3nnc(-c4cccc5ccccc45)o3)c2)c1. The van der Waals surface area contributed by atoms with Crippen molar-refractivity contribution in [3.63, 3.8) is 0 Å². The van der Waals surface area contributed by atoms with Crippen molar-refractivity contribution in [1.29, 1.82) is 0 Å². The minimum atomic E-state index is 0.441. The molecule has 5 rings (SSSR count). The van der Waals surface area contributed by atoms with Gasteiger partial charge in [0.05, 0.1) is 5.56 Å². The summed E-state index contributed by atoms with van der Waals surface area (Å²) >= 11 is 0. The lowest BCUT2D eigenvalue weighted by molar-refractivity contribution is 0.585. The van der Waals surface area contributed by atoms with Crippen molar-refractivity contribution in [2.75, 3.05) is 0 Å². The predicted octanol–water partition coefficient (Wildman–Crippen LogP) is 5.01. The monoisotopic (exact) mass is 350 g/mol. The van der Waals surface area contributed by atoms with Crippen LogP contribution in [-0.2, 0) is 0 Å². The molecule has 128 valence electrons. The minimum absolute atomic E-state index is 0.441. The molecule has 0 aliphatic heterocycles. The zero-order chi connectivity index (χ0) is 18.1. The van der Waals surface area contributed by atoms with E-state index in [9.17, 15) is 0 Å². The van der Waals surface area contributed by atoms with Gasteiger partial charge in [-0.15, -0.1) is 10.2 Å². The first-order valence-electron chi connectivity index (χ1n) is 8.56. The summed E-state index contributed by atoms with van der Waals surface area (Å²) in [6.07, 6.45) is 7.06. The molecule has 3 heterocycles. The van der Waals surface area contributed by atoms with Crippen LogP contribution in [0.25, 0.3) is 44.8 Å². The third-order valence-corrected chi connectivity index (χ3v) is 4.43. The molecule has 2 aromatic carbocycles. The first-order valence-corrected chi connectivity index (χ1v) is 8.56. The number of hydrogen-bond acceptors (Lipinski definition) is 5. The van der Waals surface area contributed by atoms with Crippen molar-refractivity contribution in [2.45, 2.75) is 0 Å². The van der Waals surface area contributed by atoms with E-state index in [-0.39, 0.29) is 0 Å². The first kappa shape index (κ1) is 15.4. The van der Waals surface area contributed by atoms with E-state index in [0.717, 1.165) is 33.0 Å². The third-order valence-electron chi connectivity index (χ3n) is 4.43. The highest BCUT2D eigenvalue weighted by Gasteiger charge is 2.13. The summed E-state index contributed by atoms with van der Waals surface area (Å²) in [5, 5.41) is 10.7. The standard InChI is InChI=1S/C22H14N4O/c1-2-8-19-15(5-1)6-3-9-20(19)22-26-25-21(27-22)18-11-17(13-24-14-18)16-7-4-10-23-12-16/h1-14H. The second-order valence-electron chi connectivity index (χ2n) is 6.14. The van der Waals surface area contributed by atoms with Gasteiger partial charge in [-0.1, -0.05) is 42.5 Å². The number of aromatic nitrogens is 4. The summed E-state index contributed by atoms with van der Waals surface area (Å²) in [5.74, 6) is 0.935. The Balaban J connectivity index is 1.56. The van der Waals surface area contributed by atoms with Crippen LogP contribution in [0, 0.1) is 0 Å². The van der Waals surface area contributed by atoms with Crippen LogP contribution in [0.1, 0.15) is 0 Å². The highest BCUT2D eigenvalue weighted by atomic mass is 16.4. The van der Waals surface area contributed by atoms with Gasteiger partial charge in [0.15, 0.2) is 0 Å². The van der Waals surface area contributed by atoms with Gasteiger partial charge in [0.1, 0.15) is 0 Å². The molecule has 5 heteroatoms. The van der Waals surface area contributed by atoms with E-state index in [1.54, 1.807) is 24.8 Å². The molecule has 0 atom stereocenters. The van der Waals surface area contributed by atoms with Crippen LogP contribution in [0.5, 0.6) is 0 Å². The maximum absolute atomic E-state index is 5.98. The van der Waals surface area contributed by atoms with E-state index in [1.807, 2.05) is 42.5 Å². The summed E-state index contributed by atoms with van der Waals surface area (Å²) in [6, 6.07) is 20.1. The Bertz CT molecular complexity index is 1230. The number of benzene rings is 2. The van der Waals surface area contributed by atoms with Gasteiger partial charge < -0.3 is 4.42 Å². The average molecular weight is 350 g/mol. The Hall–Kier alpha value is -3.86. The lowest BCUT2D eigenvalue weighted by Crippen LogP contribution is -1.85. The summed E-state index contributed by atoms with van der Waals surface area (Å²) in [7, 11) is 0. The van der Waals surface area contributed by atoms with Gasteiger partial charge in [-0.25, -0.2) is 0 Å². The van der Waals surface area contributed by atoms with Gasteiger partial charge in [0, 0.05) is 41.5 Å². The van der Waals surface area contributed by atoms with E-state index < -0.39 is 0 Å². The van der Waals surface area contributed by atoms with E-state index in [4.69, 9.17) is 4.42 Å². The van der Waals surface area contributed by atoms with Crippen LogP contribution in [0.3, 0.4) is 0 Å².